The summed E-state index contributed by atoms with van der Waals surface area (Å²) >= 11 is 0. The molecule has 144 valence electrons. The van der Waals surface area contributed by atoms with E-state index in [1.165, 1.54) is 0 Å². The highest BCUT2D eigenvalue weighted by Gasteiger charge is 2.17. The van der Waals surface area contributed by atoms with Crippen molar-refractivity contribution in [2.45, 2.75) is 19.4 Å². The molecule has 0 aromatic heterocycles. The van der Waals surface area contributed by atoms with Crippen LogP contribution < -0.4 is 15.2 Å². The molecule has 0 aliphatic rings. The van der Waals surface area contributed by atoms with Gasteiger partial charge in [0.05, 0.1) is 14.2 Å². The number of carbonyl (C=O) groups excluding carboxylic acids is 1. The Kier molecular flexibility index (Phi) is 7.89. The van der Waals surface area contributed by atoms with E-state index in [-0.39, 0.29) is 12.3 Å². The predicted molar refractivity (Wildman–Crippen MR) is 109 cm³/mol. The minimum absolute atomic E-state index is 0.0255. The monoisotopic (exact) mass is 368 g/mol. The lowest BCUT2D eigenvalue weighted by Gasteiger charge is -2.22. The van der Waals surface area contributed by atoms with Gasteiger partial charge in [-0.3, -0.25) is 4.79 Å². The maximum atomic E-state index is 12.6. The topological polar surface area (TPSA) is 64.8 Å². The number of likely N-dealkylation sites (N-methyl/N-ethyl adjacent to an activating group) is 1. The molecule has 1 atom stereocenters. The first-order valence-electron chi connectivity index (χ1n) is 9.05. The quantitative estimate of drug-likeness (QED) is 0.734. The SMILES string of the molecule is CCN(C/C=C/c1ccccc1)C(=O)C[C@H](N)c1ccc(OC)c(OC)c1. The molecule has 0 aliphatic carbocycles. The van der Waals surface area contributed by atoms with E-state index in [1.807, 2.05) is 61.5 Å². The number of nitrogens with two attached hydrogens (primary N) is 1. The fourth-order valence-electron chi connectivity index (χ4n) is 2.81. The fourth-order valence-corrected chi connectivity index (χ4v) is 2.81. The molecule has 2 N–H and O–H groups in total. The molecule has 0 aliphatic heterocycles. The molecule has 0 saturated heterocycles. The molecule has 0 saturated carbocycles. The second kappa shape index (κ2) is 10.4. The van der Waals surface area contributed by atoms with Crippen LogP contribution in [0.1, 0.15) is 30.5 Å². The van der Waals surface area contributed by atoms with Gasteiger partial charge in [-0.1, -0.05) is 48.6 Å². The molecule has 2 aromatic rings. The van der Waals surface area contributed by atoms with Crippen LogP contribution in [-0.2, 0) is 4.79 Å². The van der Waals surface area contributed by atoms with Crippen LogP contribution in [-0.4, -0.2) is 38.1 Å². The molecule has 2 aromatic carbocycles. The first kappa shape index (κ1) is 20.5. The van der Waals surface area contributed by atoms with Gasteiger partial charge in [0.15, 0.2) is 11.5 Å². The summed E-state index contributed by atoms with van der Waals surface area (Å²) in [6.45, 7) is 3.16. The van der Waals surface area contributed by atoms with E-state index in [9.17, 15) is 4.79 Å². The molecule has 0 spiro atoms. The van der Waals surface area contributed by atoms with Crippen molar-refractivity contribution < 1.29 is 14.3 Å². The van der Waals surface area contributed by atoms with Crippen molar-refractivity contribution in [3.63, 3.8) is 0 Å². The molecule has 5 heteroatoms. The van der Waals surface area contributed by atoms with Crippen molar-refractivity contribution in [3.8, 4) is 11.5 Å². The second-order valence-corrected chi connectivity index (χ2v) is 6.17. The summed E-state index contributed by atoms with van der Waals surface area (Å²) in [6, 6.07) is 15.1. The van der Waals surface area contributed by atoms with Crippen LogP contribution in [0.25, 0.3) is 6.08 Å². The van der Waals surface area contributed by atoms with E-state index < -0.39 is 6.04 Å². The van der Waals surface area contributed by atoms with Gasteiger partial charge in [-0.05, 0) is 30.2 Å². The van der Waals surface area contributed by atoms with Crippen LogP contribution in [0.4, 0.5) is 0 Å². The summed E-state index contributed by atoms with van der Waals surface area (Å²) in [7, 11) is 3.17. The molecular weight excluding hydrogens is 340 g/mol. The Morgan fingerprint density at radius 1 is 1.11 bits per heavy atom. The van der Waals surface area contributed by atoms with Gasteiger partial charge in [-0.15, -0.1) is 0 Å². The molecule has 0 unspecified atom stereocenters. The third kappa shape index (κ3) is 5.86. The zero-order valence-electron chi connectivity index (χ0n) is 16.2. The lowest BCUT2D eigenvalue weighted by Crippen LogP contribution is -2.33. The van der Waals surface area contributed by atoms with Crippen LogP contribution in [0.15, 0.2) is 54.6 Å². The minimum atomic E-state index is -0.399. The largest absolute Gasteiger partial charge is 0.493 e. The number of nitrogens with zero attached hydrogens (tertiary/aromatic N) is 1. The number of methoxy groups -OCH3 is 2. The molecule has 0 heterocycles. The highest BCUT2D eigenvalue weighted by molar-refractivity contribution is 5.77. The van der Waals surface area contributed by atoms with Gasteiger partial charge >= 0.3 is 0 Å². The van der Waals surface area contributed by atoms with E-state index in [0.717, 1.165) is 11.1 Å². The zero-order valence-corrected chi connectivity index (χ0v) is 16.2. The Balaban J connectivity index is 1.98. The first-order valence-corrected chi connectivity index (χ1v) is 9.05. The fraction of sp³-hybridized carbons (Fsp3) is 0.318. The highest BCUT2D eigenvalue weighted by atomic mass is 16.5. The van der Waals surface area contributed by atoms with Crippen LogP contribution in [0.5, 0.6) is 11.5 Å². The average Bonchev–Trinajstić information content (AvgIpc) is 2.71. The molecule has 5 nitrogen and oxygen atoms in total. The number of ether oxygens (including phenoxy) is 2. The maximum Gasteiger partial charge on any atom is 0.224 e. The van der Waals surface area contributed by atoms with Gasteiger partial charge in [-0.25, -0.2) is 0 Å². The highest BCUT2D eigenvalue weighted by Crippen LogP contribution is 2.30. The van der Waals surface area contributed by atoms with Gasteiger partial charge in [0, 0.05) is 25.6 Å². The summed E-state index contributed by atoms with van der Waals surface area (Å²) < 4.78 is 10.6. The van der Waals surface area contributed by atoms with Crippen LogP contribution in [0.3, 0.4) is 0 Å². The normalized spacial score (nSPS) is 12.0. The minimum Gasteiger partial charge on any atom is -0.493 e. The van der Waals surface area contributed by atoms with E-state index in [1.54, 1.807) is 25.2 Å². The molecule has 2 rings (SSSR count). The number of hydrogen-bond acceptors (Lipinski definition) is 4. The third-order valence-electron chi connectivity index (χ3n) is 4.40. The molecular formula is C22H28N2O3. The van der Waals surface area contributed by atoms with Gasteiger partial charge in [0.2, 0.25) is 5.91 Å². The van der Waals surface area contributed by atoms with E-state index >= 15 is 0 Å². The Bertz CT molecular complexity index is 759. The van der Waals surface area contributed by atoms with Gasteiger partial charge in [0.25, 0.3) is 0 Å². The van der Waals surface area contributed by atoms with Gasteiger partial charge in [-0.2, -0.15) is 0 Å². The number of rotatable bonds is 9. The summed E-state index contributed by atoms with van der Waals surface area (Å²) in [5.74, 6) is 1.27. The average molecular weight is 368 g/mol. The van der Waals surface area contributed by atoms with Crippen molar-refractivity contribution in [2.24, 2.45) is 5.73 Å². The number of benzene rings is 2. The Morgan fingerprint density at radius 3 is 2.44 bits per heavy atom. The maximum absolute atomic E-state index is 12.6. The Morgan fingerprint density at radius 2 is 1.81 bits per heavy atom. The molecule has 27 heavy (non-hydrogen) atoms. The predicted octanol–water partition coefficient (Wildman–Crippen LogP) is 3.66. The van der Waals surface area contributed by atoms with Gasteiger partial charge in [0.1, 0.15) is 0 Å². The molecule has 0 radical (unpaired) electrons. The van der Waals surface area contributed by atoms with Crippen molar-refractivity contribution in [1.82, 2.24) is 4.90 Å². The van der Waals surface area contributed by atoms with E-state index in [4.69, 9.17) is 15.2 Å². The summed E-state index contributed by atoms with van der Waals surface area (Å²) in [6.07, 6.45) is 4.26. The molecule has 1 amide bonds. The van der Waals surface area contributed by atoms with E-state index in [0.29, 0.717) is 24.6 Å². The molecule has 0 fully saturated rings. The van der Waals surface area contributed by atoms with Crippen LogP contribution in [0, 0.1) is 0 Å². The number of amides is 1. The van der Waals surface area contributed by atoms with Crippen LogP contribution in [0.2, 0.25) is 0 Å². The Labute approximate surface area is 161 Å². The molecule has 0 bridgehead atoms. The Hall–Kier alpha value is -2.79. The van der Waals surface area contributed by atoms with Crippen molar-refractivity contribution in [3.05, 3.63) is 65.7 Å². The standard InChI is InChI=1S/C22H28N2O3/c1-4-24(14-8-11-17-9-6-5-7-10-17)22(25)16-19(23)18-12-13-20(26-2)21(15-18)27-3/h5-13,15,19H,4,14,16,23H2,1-3H3/b11-8+/t19-/m0/s1. The smallest absolute Gasteiger partial charge is 0.224 e. The second-order valence-electron chi connectivity index (χ2n) is 6.17. The summed E-state index contributed by atoms with van der Waals surface area (Å²) in [5.41, 5.74) is 8.22. The first-order chi connectivity index (χ1) is 13.1. The lowest BCUT2D eigenvalue weighted by molar-refractivity contribution is -0.130. The number of carbonyl (C=O) groups is 1. The van der Waals surface area contributed by atoms with Crippen molar-refractivity contribution in [1.29, 1.82) is 0 Å². The van der Waals surface area contributed by atoms with Gasteiger partial charge < -0.3 is 20.1 Å². The third-order valence-corrected chi connectivity index (χ3v) is 4.40. The van der Waals surface area contributed by atoms with E-state index in [2.05, 4.69) is 0 Å². The lowest BCUT2D eigenvalue weighted by atomic mass is 10.0. The van der Waals surface area contributed by atoms with Crippen LogP contribution >= 0.6 is 0 Å². The summed E-state index contributed by atoms with van der Waals surface area (Å²) in [4.78, 5) is 14.4. The zero-order chi connectivity index (χ0) is 19.6. The summed E-state index contributed by atoms with van der Waals surface area (Å²) in [5, 5.41) is 0. The van der Waals surface area contributed by atoms with Crippen molar-refractivity contribution >= 4 is 12.0 Å². The van der Waals surface area contributed by atoms with Crippen molar-refractivity contribution in [2.75, 3.05) is 27.3 Å². The number of hydrogen-bond donors (Lipinski definition) is 1.